The van der Waals surface area contributed by atoms with Crippen LogP contribution < -0.4 is 10.6 Å². The smallest absolute Gasteiger partial charge is 0.326 e. The Bertz CT molecular complexity index is 545. The van der Waals surface area contributed by atoms with Gasteiger partial charge in [-0.25, -0.2) is 4.79 Å². The molecule has 0 unspecified atom stereocenters. The summed E-state index contributed by atoms with van der Waals surface area (Å²) in [6.07, 6.45) is 0.930. The number of rotatable bonds is 8. The van der Waals surface area contributed by atoms with Crippen LogP contribution in [0.15, 0.2) is 30.3 Å². The number of carboxylic acid groups (broad SMARTS) is 1. The van der Waals surface area contributed by atoms with Crippen molar-refractivity contribution in [1.82, 2.24) is 10.6 Å². The van der Waals surface area contributed by atoms with Crippen molar-refractivity contribution in [2.75, 3.05) is 0 Å². The minimum absolute atomic E-state index is 0.203. The fourth-order valence-electron chi connectivity index (χ4n) is 2.24. The lowest BCUT2D eigenvalue weighted by molar-refractivity contribution is -0.143. The summed E-state index contributed by atoms with van der Waals surface area (Å²) in [6.45, 7) is 4.96. The van der Waals surface area contributed by atoms with Crippen LogP contribution in [0.1, 0.15) is 32.8 Å². The maximum atomic E-state index is 12.4. The van der Waals surface area contributed by atoms with Crippen LogP contribution in [-0.2, 0) is 20.8 Å². The molecule has 1 rings (SSSR count). The Morgan fingerprint density at radius 3 is 2.22 bits per heavy atom. The van der Waals surface area contributed by atoms with Gasteiger partial charge in [-0.3, -0.25) is 9.59 Å². The molecule has 3 N–H and O–H groups in total. The summed E-state index contributed by atoms with van der Waals surface area (Å²) in [5, 5.41) is 14.4. The molecule has 0 radical (unpaired) electrons. The highest BCUT2D eigenvalue weighted by Gasteiger charge is 2.29. The number of hydrogen-bond donors (Lipinski definition) is 3. The Morgan fingerprint density at radius 1 is 1.13 bits per heavy atom. The molecule has 0 saturated carbocycles. The molecule has 1 aromatic rings. The summed E-state index contributed by atoms with van der Waals surface area (Å²) < 4.78 is 0. The van der Waals surface area contributed by atoms with Crippen molar-refractivity contribution in [3.63, 3.8) is 0 Å². The molecule has 0 aromatic heterocycles. The van der Waals surface area contributed by atoms with Gasteiger partial charge in [-0.05, 0) is 11.5 Å². The Labute approximate surface area is 136 Å². The number of benzene rings is 1. The van der Waals surface area contributed by atoms with Crippen molar-refractivity contribution >= 4 is 17.8 Å². The van der Waals surface area contributed by atoms with Crippen LogP contribution in [0.3, 0.4) is 0 Å². The monoisotopic (exact) mass is 320 g/mol. The molecule has 0 saturated heterocycles. The zero-order chi connectivity index (χ0) is 17.4. The number of amides is 2. The van der Waals surface area contributed by atoms with Gasteiger partial charge in [0.05, 0.1) is 0 Å². The molecule has 0 spiro atoms. The summed E-state index contributed by atoms with van der Waals surface area (Å²) in [4.78, 5) is 35.1. The zero-order valence-corrected chi connectivity index (χ0v) is 13.7. The fourth-order valence-corrected chi connectivity index (χ4v) is 2.24. The van der Waals surface area contributed by atoms with Crippen LogP contribution in [0.2, 0.25) is 0 Å². The van der Waals surface area contributed by atoms with E-state index in [9.17, 15) is 19.5 Å². The summed E-state index contributed by atoms with van der Waals surface area (Å²) >= 11 is 0. The highest BCUT2D eigenvalue weighted by molar-refractivity contribution is 5.90. The SMILES string of the molecule is CC[C@@H](C)[C@H](NC(=O)[C@H](Cc1ccccc1)NC(C)=O)C(=O)O. The van der Waals surface area contributed by atoms with Crippen LogP contribution in [0.5, 0.6) is 0 Å². The molecule has 6 nitrogen and oxygen atoms in total. The Kier molecular flexibility index (Phi) is 7.25. The molecule has 0 aliphatic heterocycles. The van der Waals surface area contributed by atoms with Crippen LogP contribution in [0, 0.1) is 5.92 Å². The van der Waals surface area contributed by atoms with Crippen molar-refractivity contribution in [2.45, 2.75) is 45.7 Å². The van der Waals surface area contributed by atoms with E-state index in [2.05, 4.69) is 10.6 Å². The van der Waals surface area contributed by atoms with E-state index in [0.717, 1.165) is 5.56 Å². The topological polar surface area (TPSA) is 95.5 Å². The molecule has 23 heavy (non-hydrogen) atoms. The highest BCUT2D eigenvalue weighted by atomic mass is 16.4. The summed E-state index contributed by atoms with van der Waals surface area (Å²) in [5.41, 5.74) is 0.886. The minimum Gasteiger partial charge on any atom is -0.480 e. The molecule has 2 amide bonds. The number of carbonyl (C=O) groups excluding carboxylic acids is 2. The lowest BCUT2D eigenvalue weighted by Crippen LogP contribution is -2.53. The zero-order valence-electron chi connectivity index (χ0n) is 13.7. The third-order valence-corrected chi connectivity index (χ3v) is 3.75. The average molecular weight is 320 g/mol. The van der Waals surface area contributed by atoms with E-state index in [-0.39, 0.29) is 11.8 Å². The molecule has 0 bridgehead atoms. The Hall–Kier alpha value is -2.37. The Morgan fingerprint density at radius 2 is 1.74 bits per heavy atom. The highest BCUT2D eigenvalue weighted by Crippen LogP contribution is 2.09. The van der Waals surface area contributed by atoms with Crippen LogP contribution >= 0.6 is 0 Å². The van der Waals surface area contributed by atoms with E-state index in [0.29, 0.717) is 12.8 Å². The second-order valence-corrected chi connectivity index (χ2v) is 5.65. The van der Waals surface area contributed by atoms with Crippen LogP contribution in [0.4, 0.5) is 0 Å². The lowest BCUT2D eigenvalue weighted by atomic mass is 9.98. The van der Waals surface area contributed by atoms with Crippen LogP contribution in [0.25, 0.3) is 0 Å². The quantitative estimate of drug-likeness (QED) is 0.674. The van der Waals surface area contributed by atoms with E-state index in [1.165, 1.54) is 6.92 Å². The van der Waals surface area contributed by atoms with Gasteiger partial charge in [-0.2, -0.15) is 0 Å². The van der Waals surface area contributed by atoms with Gasteiger partial charge < -0.3 is 15.7 Å². The molecule has 0 aliphatic carbocycles. The first kappa shape index (κ1) is 18.7. The summed E-state index contributed by atoms with van der Waals surface area (Å²) in [6, 6.07) is 7.48. The third-order valence-electron chi connectivity index (χ3n) is 3.75. The molecular weight excluding hydrogens is 296 g/mol. The summed E-state index contributed by atoms with van der Waals surface area (Å²) in [5.74, 6) is -2.10. The maximum Gasteiger partial charge on any atom is 0.326 e. The normalized spacial score (nSPS) is 14.4. The van der Waals surface area contributed by atoms with E-state index in [1.54, 1.807) is 6.92 Å². The first-order valence-corrected chi connectivity index (χ1v) is 7.69. The second-order valence-electron chi connectivity index (χ2n) is 5.65. The van der Waals surface area contributed by atoms with E-state index >= 15 is 0 Å². The molecule has 6 heteroatoms. The van der Waals surface area contributed by atoms with Gasteiger partial charge in [0.25, 0.3) is 0 Å². The molecule has 0 aliphatic rings. The molecule has 126 valence electrons. The van der Waals surface area contributed by atoms with E-state index in [1.807, 2.05) is 37.3 Å². The minimum atomic E-state index is -1.08. The van der Waals surface area contributed by atoms with Crippen molar-refractivity contribution in [3.05, 3.63) is 35.9 Å². The maximum absolute atomic E-state index is 12.4. The number of aliphatic carboxylic acids is 1. The second kappa shape index (κ2) is 8.92. The van der Waals surface area contributed by atoms with Crippen molar-refractivity contribution in [1.29, 1.82) is 0 Å². The van der Waals surface area contributed by atoms with E-state index < -0.39 is 24.0 Å². The number of carbonyl (C=O) groups is 3. The van der Waals surface area contributed by atoms with Crippen molar-refractivity contribution < 1.29 is 19.5 Å². The predicted molar refractivity (Wildman–Crippen MR) is 86.8 cm³/mol. The van der Waals surface area contributed by atoms with Gasteiger partial charge in [-0.15, -0.1) is 0 Å². The van der Waals surface area contributed by atoms with Gasteiger partial charge in [0.2, 0.25) is 11.8 Å². The fraction of sp³-hybridized carbons (Fsp3) is 0.471. The number of nitrogens with one attached hydrogen (secondary N) is 2. The van der Waals surface area contributed by atoms with Crippen molar-refractivity contribution in [3.8, 4) is 0 Å². The van der Waals surface area contributed by atoms with E-state index in [4.69, 9.17) is 0 Å². The largest absolute Gasteiger partial charge is 0.480 e. The van der Waals surface area contributed by atoms with Gasteiger partial charge >= 0.3 is 5.97 Å². The van der Waals surface area contributed by atoms with Gasteiger partial charge in [0.15, 0.2) is 0 Å². The standard InChI is InChI=1S/C17H24N2O4/c1-4-11(2)15(17(22)23)19-16(21)14(18-12(3)20)10-13-8-6-5-7-9-13/h5-9,11,14-15H,4,10H2,1-3H3,(H,18,20)(H,19,21)(H,22,23)/t11-,14+,15+/m1/s1. The number of carboxylic acids is 1. The molecule has 0 heterocycles. The van der Waals surface area contributed by atoms with Crippen LogP contribution in [-0.4, -0.2) is 35.0 Å². The average Bonchev–Trinajstić information content (AvgIpc) is 2.51. The third kappa shape index (κ3) is 6.10. The van der Waals surface area contributed by atoms with Gasteiger partial charge in [0, 0.05) is 13.3 Å². The predicted octanol–water partition coefficient (Wildman–Crippen LogP) is 1.35. The molecule has 3 atom stereocenters. The van der Waals surface area contributed by atoms with Gasteiger partial charge in [0.1, 0.15) is 12.1 Å². The molecular formula is C17H24N2O4. The van der Waals surface area contributed by atoms with Gasteiger partial charge in [-0.1, -0.05) is 50.6 Å². The molecule has 1 aromatic carbocycles. The number of hydrogen-bond acceptors (Lipinski definition) is 3. The Balaban J connectivity index is 2.86. The summed E-state index contributed by atoms with van der Waals surface area (Å²) in [7, 11) is 0. The first-order chi connectivity index (χ1) is 10.8. The first-order valence-electron chi connectivity index (χ1n) is 7.69. The molecule has 0 fully saturated rings. The lowest BCUT2D eigenvalue weighted by Gasteiger charge is -2.24. The van der Waals surface area contributed by atoms with Crippen molar-refractivity contribution in [2.24, 2.45) is 5.92 Å².